The number of hydrogen-bond donors (Lipinski definition) is 1. The van der Waals surface area contributed by atoms with E-state index in [-0.39, 0.29) is 6.10 Å². The van der Waals surface area contributed by atoms with Crippen molar-refractivity contribution in [1.82, 2.24) is 5.32 Å². The van der Waals surface area contributed by atoms with Gasteiger partial charge >= 0.3 is 0 Å². The van der Waals surface area contributed by atoms with Crippen LogP contribution in [0.1, 0.15) is 41.9 Å². The van der Waals surface area contributed by atoms with Gasteiger partial charge in [0, 0.05) is 30.9 Å². The molecule has 0 saturated carbocycles. The molecule has 0 aromatic heterocycles. The molecule has 0 bridgehead atoms. The molecule has 2 atom stereocenters. The zero-order chi connectivity index (χ0) is 27.8. The largest absolute Gasteiger partial charge is 0.496 e. The molecule has 212 valence electrons. The van der Waals surface area contributed by atoms with Crippen molar-refractivity contribution < 1.29 is 23.7 Å². The average Bonchev–Trinajstić information content (AvgIpc) is 3.01. The first-order valence-corrected chi connectivity index (χ1v) is 14.1. The number of benzene rings is 3. The summed E-state index contributed by atoms with van der Waals surface area (Å²) in [6.07, 6.45) is 3.09. The molecule has 0 aliphatic carbocycles. The third kappa shape index (κ3) is 8.99. The topological polar surface area (TPSA) is 82.0 Å². The summed E-state index contributed by atoms with van der Waals surface area (Å²) in [6.45, 7) is 4.53. The van der Waals surface area contributed by atoms with Crippen LogP contribution in [0.3, 0.4) is 0 Å². The van der Waals surface area contributed by atoms with E-state index in [9.17, 15) is 0 Å². The molecule has 1 N–H and O–H groups in total. The first kappa shape index (κ1) is 29.4. The first-order valence-electron chi connectivity index (χ1n) is 14.1. The number of aryl methyl sites for hydroxylation is 1. The van der Waals surface area contributed by atoms with Crippen LogP contribution in [0, 0.1) is 11.3 Å². The maximum absolute atomic E-state index is 8.89. The summed E-state index contributed by atoms with van der Waals surface area (Å²) in [5, 5.41) is 12.4. The molecule has 7 heteroatoms. The summed E-state index contributed by atoms with van der Waals surface area (Å²) in [4.78, 5) is 0. The van der Waals surface area contributed by atoms with Crippen molar-refractivity contribution in [2.75, 3.05) is 46.6 Å². The van der Waals surface area contributed by atoms with E-state index in [1.165, 1.54) is 5.56 Å². The Bertz CT molecular complexity index is 1190. The molecule has 4 rings (SSSR count). The van der Waals surface area contributed by atoms with Crippen molar-refractivity contribution >= 4 is 0 Å². The summed E-state index contributed by atoms with van der Waals surface area (Å²) < 4.78 is 29.4. The number of para-hydroxylation sites is 2. The molecule has 3 aromatic rings. The molecule has 2 unspecified atom stereocenters. The molecule has 7 nitrogen and oxygen atoms in total. The van der Waals surface area contributed by atoms with Crippen LogP contribution in [-0.4, -0.2) is 52.7 Å². The smallest absolute Gasteiger partial charge is 0.124 e. The number of piperidine rings is 1. The van der Waals surface area contributed by atoms with Crippen LogP contribution in [0.15, 0.2) is 72.8 Å². The Hall–Kier alpha value is -3.57. The Kier molecular flexibility index (Phi) is 12.1. The molecule has 1 fully saturated rings. The number of methoxy groups -OCH3 is 1. The van der Waals surface area contributed by atoms with Crippen LogP contribution in [-0.2, 0) is 22.5 Å². The summed E-state index contributed by atoms with van der Waals surface area (Å²) in [5.41, 5.74) is 3.37. The quantitative estimate of drug-likeness (QED) is 0.232. The predicted octanol–water partition coefficient (Wildman–Crippen LogP) is 5.68. The van der Waals surface area contributed by atoms with Gasteiger partial charge in [0.25, 0.3) is 0 Å². The van der Waals surface area contributed by atoms with Gasteiger partial charge in [0.15, 0.2) is 0 Å². The van der Waals surface area contributed by atoms with Gasteiger partial charge in [-0.1, -0.05) is 48.5 Å². The molecule has 1 saturated heterocycles. The average molecular weight is 545 g/mol. The van der Waals surface area contributed by atoms with E-state index in [1.807, 2.05) is 60.7 Å². The highest BCUT2D eigenvalue weighted by atomic mass is 16.5. The van der Waals surface area contributed by atoms with E-state index >= 15 is 0 Å². The normalized spacial score (nSPS) is 16.7. The van der Waals surface area contributed by atoms with Gasteiger partial charge in [-0.05, 0) is 54.8 Å². The minimum absolute atomic E-state index is 0.0818. The third-order valence-electron chi connectivity index (χ3n) is 7.04. The van der Waals surface area contributed by atoms with Crippen LogP contribution >= 0.6 is 0 Å². The van der Waals surface area contributed by atoms with Crippen molar-refractivity contribution in [2.24, 2.45) is 0 Å². The zero-order valence-electron chi connectivity index (χ0n) is 23.3. The van der Waals surface area contributed by atoms with Gasteiger partial charge in [0.05, 0.1) is 45.7 Å². The SMILES string of the molecule is COc1ccccc1COCCCOc1ccc(C2CCNCC2OCCOc2ccccc2CCC#N)cc1. The standard InChI is InChI=1S/C33H40N2O5/c1-36-31-11-4-3-9-28(31)25-37-20-7-21-38-29-15-13-26(14-16-29)30-17-19-35-24-33(30)40-23-22-39-32-12-5-2-8-27(32)10-6-18-34/h2-5,8-9,11-16,30,33,35H,6-7,10,17,19-25H2,1H3. The van der Waals surface area contributed by atoms with E-state index in [2.05, 4.69) is 23.5 Å². The van der Waals surface area contributed by atoms with Gasteiger partial charge < -0.3 is 29.0 Å². The van der Waals surface area contributed by atoms with E-state index in [4.69, 9.17) is 28.9 Å². The van der Waals surface area contributed by atoms with E-state index in [0.29, 0.717) is 51.8 Å². The lowest BCUT2D eigenvalue weighted by Gasteiger charge is -2.32. The van der Waals surface area contributed by atoms with Crippen molar-refractivity contribution in [3.63, 3.8) is 0 Å². The number of hydrogen-bond acceptors (Lipinski definition) is 7. The van der Waals surface area contributed by atoms with Crippen LogP contribution in [0.4, 0.5) is 0 Å². The monoisotopic (exact) mass is 544 g/mol. The van der Waals surface area contributed by atoms with Gasteiger partial charge in [0.2, 0.25) is 0 Å². The second-order valence-corrected chi connectivity index (χ2v) is 9.76. The second kappa shape index (κ2) is 16.5. The predicted molar refractivity (Wildman–Crippen MR) is 155 cm³/mol. The first-order chi connectivity index (χ1) is 19.8. The molecular weight excluding hydrogens is 504 g/mol. The Labute approximate surface area is 238 Å². The second-order valence-electron chi connectivity index (χ2n) is 9.76. The summed E-state index contributed by atoms with van der Waals surface area (Å²) in [7, 11) is 1.67. The van der Waals surface area contributed by atoms with E-state index in [1.54, 1.807) is 7.11 Å². The Morgan fingerprint density at radius 2 is 1.62 bits per heavy atom. The van der Waals surface area contributed by atoms with Crippen molar-refractivity contribution in [2.45, 2.75) is 44.3 Å². The lowest BCUT2D eigenvalue weighted by molar-refractivity contribution is 0.00721. The molecule has 1 aliphatic rings. The highest BCUT2D eigenvalue weighted by Crippen LogP contribution is 2.29. The Morgan fingerprint density at radius 1 is 0.850 bits per heavy atom. The summed E-state index contributed by atoms with van der Waals surface area (Å²) >= 11 is 0. The number of nitriles is 1. The minimum atomic E-state index is 0.0818. The fourth-order valence-electron chi connectivity index (χ4n) is 4.95. The van der Waals surface area contributed by atoms with Crippen LogP contribution in [0.25, 0.3) is 0 Å². The molecule has 0 radical (unpaired) electrons. The number of nitrogens with zero attached hydrogens (tertiary/aromatic N) is 1. The van der Waals surface area contributed by atoms with Crippen LogP contribution in [0.5, 0.6) is 17.2 Å². The lowest BCUT2D eigenvalue weighted by atomic mass is 9.88. The molecule has 3 aromatic carbocycles. The van der Waals surface area contributed by atoms with Gasteiger partial charge in [-0.15, -0.1) is 0 Å². The summed E-state index contributed by atoms with van der Waals surface area (Å²) in [5.74, 6) is 2.87. The molecule has 0 spiro atoms. The van der Waals surface area contributed by atoms with Crippen LogP contribution < -0.4 is 19.5 Å². The van der Waals surface area contributed by atoms with Gasteiger partial charge in [0.1, 0.15) is 23.9 Å². The Balaban J connectivity index is 1.17. The van der Waals surface area contributed by atoms with Crippen molar-refractivity contribution in [1.29, 1.82) is 5.26 Å². The number of nitrogens with one attached hydrogen (secondary N) is 1. The molecule has 1 heterocycles. The Morgan fingerprint density at radius 3 is 2.42 bits per heavy atom. The summed E-state index contributed by atoms with van der Waals surface area (Å²) in [6, 6.07) is 26.4. The minimum Gasteiger partial charge on any atom is -0.496 e. The number of ether oxygens (including phenoxy) is 5. The van der Waals surface area contributed by atoms with Gasteiger partial charge in [-0.2, -0.15) is 5.26 Å². The zero-order valence-corrected chi connectivity index (χ0v) is 23.3. The highest BCUT2D eigenvalue weighted by Gasteiger charge is 2.27. The lowest BCUT2D eigenvalue weighted by Crippen LogP contribution is -2.41. The van der Waals surface area contributed by atoms with E-state index in [0.717, 1.165) is 54.3 Å². The van der Waals surface area contributed by atoms with Crippen molar-refractivity contribution in [3.8, 4) is 23.3 Å². The van der Waals surface area contributed by atoms with Gasteiger partial charge in [-0.3, -0.25) is 0 Å². The fraction of sp³-hybridized carbons (Fsp3) is 0.424. The van der Waals surface area contributed by atoms with Gasteiger partial charge in [-0.25, -0.2) is 0 Å². The maximum atomic E-state index is 8.89. The fourth-order valence-corrected chi connectivity index (χ4v) is 4.95. The maximum Gasteiger partial charge on any atom is 0.124 e. The third-order valence-corrected chi connectivity index (χ3v) is 7.04. The molecule has 1 aliphatic heterocycles. The molecule has 0 amide bonds. The number of rotatable bonds is 16. The van der Waals surface area contributed by atoms with E-state index < -0.39 is 0 Å². The molecule has 40 heavy (non-hydrogen) atoms. The molecular formula is C33H40N2O5. The van der Waals surface area contributed by atoms with Crippen LogP contribution in [0.2, 0.25) is 0 Å². The van der Waals surface area contributed by atoms with Crippen molar-refractivity contribution in [3.05, 3.63) is 89.5 Å². The highest BCUT2D eigenvalue weighted by molar-refractivity contribution is 5.34.